The highest BCUT2D eigenvalue weighted by molar-refractivity contribution is 5.65. The number of aromatic nitrogens is 3. The van der Waals surface area contributed by atoms with Gasteiger partial charge in [0.15, 0.2) is 5.52 Å². The Morgan fingerprint density at radius 3 is 2.56 bits per heavy atom. The summed E-state index contributed by atoms with van der Waals surface area (Å²) in [5.41, 5.74) is 0.159. The van der Waals surface area contributed by atoms with Crippen LogP contribution in [0.3, 0.4) is 0 Å². The van der Waals surface area contributed by atoms with Crippen LogP contribution in [0.15, 0.2) is 20.2 Å². The molecule has 86 valence electrons. The maximum Gasteiger partial charge on any atom is 0.423 e. The summed E-state index contributed by atoms with van der Waals surface area (Å²) < 4.78 is 5.62. The fourth-order valence-electron chi connectivity index (χ4n) is 1.07. The fraction of sp³-hybridized carbons (Fsp3) is 0.400. The summed E-state index contributed by atoms with van der Waals surface area (Å²) in [6.45, 7) is 5.71. The van der Waals surface area contributed by atoms with Gasteiger partial charge in [-0.1, -0.05) is 13.8 Å². The van der Waals surface area contributed by atoms with Crippen LogP contribution in [-0.2, 0) is 7.05 Å². The lowest BCUT2D eigenvalue weighted by atomic mass is 10.4. The summed E-state index contributed by atoms with van der Waals surface area (Å²) in [6.07, 6.45) is 1.44. The Morgan fingerprint density at radius 1 is 1.31 bits per heavy atom. The third kappa shape index (κ3) is 2.00. The summed E-state index contributed by atoms with van der Waals surface area (Å²) in [6, 6.07) is 0. The van der Waals surface area contributed by atoms with Crippen molar-refractivity contribution in [2.75, 3.05) is 0 Å². The maximum atomic E-state index is 11.5. The number of hydrogen-bond donors (Lipinski definition) is 0. The quantitative estimate of drug-likeness (QED) is 0.654. The van der Waals surface area contributed by atoms with Crippen LogP contribution in [0.25, 0.3) is 11.2 Å². The molecule has 0 saturated carbocycles. The molecule has 0 atom stereocenters. The zero-order valence-electron chi connectivity index (χ0n) is 9.64. The zero-order valence-corrected chi connectivity index (χ0v) is 9.64. The molecule has 2 aromatic rings. The normalized spacial score (nSPS) is 9.75. The number of nitrogens with zero attached hydrogens (tertiary/aromatic N) is 3. The van der Waals surface area contributed by atoms with Gasteiger partial charge < -0.3 is 4.42 Å². The highest BCUT2D eigenvalue weighted by Crippen LogP contribution is 2.00. The second kappa shape index (κ2) is 4.69. The molecule has 0 bridgehead atoms. The Balaban J connectivity index is 0.000000606. The largest absolute Gasteiger partial charge is 0.423 e. The third-order valence-corrected chi connectivity index (χ3v) is 1.82. The molecule has 0 fully saturated rings. The zero-order chi connectivity index (χ0) is 12.3. The molecule has 0 aromatic carbocycles. The van der Waals surface area contributed by atoms with E-state index >= 15 is 0 Å². The topological polar surface area (TPSA) is 78.0 Å². The lowest BCUT2D eigenvalue weighted by Gasteiger charge is -1.97. The molecule has 0 unspecified atom stereocenters. The second-order valence-corrected chi connectivity index (χ2v) is 2.90. The van der Waals surface area contributed by atoms with Gasteiger partial charge in [-0.25, -0.2) is 19.3 Å². The standard InChI is InChI=1S/C8H7N3O3.C2H6/c1-4-3-9-6-5(10-4)7(12)11(2)8(13)14-6;1-2/h3H,1-2H3;1-2H3. The lowest BCUT2D eigenvalue weighted by molar-refractivity contribution is 0.475. The van der Waals surface area contributed by atoms with Gasteiger partial charge in [-0.3, -0.25) is 4.79 Å². The molecule has 16 heavy (non-hydrogen) atoms. The van der Waals surface area contributed by atoms with E-state index in [0.29, 0.717) is 5.69 Å². The first-order valence-corrected chi connectivity index (χ1v) is 4.93. The molecule has 0 aliphatic rings. The highest BCUT2D eigenvalue weighted by Gasteiger charge is 2.08. The molecular formula is C10H13N3O3. The lowest BCUT2D eigenvalue weighted by Crippen LogP contribution is -2.30. The van der Waals surface area contributed by atoms with Crippen LogP contribution >= 0.6 is 0 Å². The van der Waals surface area contributed by atoms with Gasteiger partial charge in [0.2, 0.25) is 0 Å². The Hall–Kier alpha value is -1.98. The van der Waals surface area contributed by atoms with E-state index in [2.05, 4.69) is 9.97 Å². The van der Waals surface area contributed by atoms with Crippen molar-refractivity contribution in [2.45, 2.75) is 20.8 Å². The van der Waals surface area contributed by atoms with Gasteiger partial charge in [0.25, 0.3) is 11.3 Å². The maximum absolute atomic E-state index is 11.5. The van der Waals surface area contributed by atoms with Crippen LogP contribution in [0.2, 0.25) is 0 Å². The average Bonchev–Trinajstić information content (AvgIpc) is 2.30. The fourth-order valence-corrected chi connectivity index (χ4v) is 1.07. The van der Waals surface area contributed by atoms with Crippen molar-refractivity contribution < 1.29 is 4.42 Å². The minimum Gasteiger partial charge on any atom is -0.388 e. The molecule has 2 aromatic heterocycles. The molecule has 6 nitrogen and oxygen atoms in total. The van der Waals surface area contributed by atoms with E-state index in [0.717, 1.165) is 4.57 Å². The van der Waals surface area contributed by atoms with E-state index in [1.165, 1.54) is 13.2 Å². The Bertz CT molecular complexity index is 613. The van der Waals surface area contributed by atoms with E-state index < -0.39 is 11.3 Å². The van der Waals surface area contributed by atoms with E-state index in [1.54, 1.807) is 6.92 Å². The number of aryl methyl sites for hydroxylation is 1. The van der Waals surface area contributed by atoms with Gasteiger partial charge in [0.1, 0.15) is 0 Å². The smallest absolute Gasteiger partial charge is 0.388 e. The monoisotopic (exact) mass is 223 g/mol. The van der Waals surface area contributed by atoms with Gasteiger partial charge in [-0.15, -0.1) is 0 Å². The van der Waals surface area contributed by atoms with Gasteiger partial charge in [-0.2, -0.15) is 0 Å². The molecular weight excluding hydrogens is 210 g/mol. The molecule has 0 amide bonds. The molecule has 2 rings (SSSR count). The van der Waals surface area contributed by atoms with Gasteiger partial charge in [0, 0.05) is 7.05 Å². The van der Waals surface area contributed by atoms with Crippen LogP contribution < -0.4 is 11.3 Å². The summed E-state index contributed by atoms with van der Waals surface area (Å²) in [4.78, 5) is 30.3. The Kier molecular flexibility index (Phi) is 3.55. The van der Waals surface area contributed by atoms with Crippen molar-refractivity contribution in [2.24, 2.45) is 7.05 Å². The Morgan fingerprint density at radius 2 is 1.94 bits per heavy atom. The van der Waals surface area contributed by atoms with Gasteiger partial charge in [-0.05, 0) is 6.92 Å². The molecule has 6 heteroatoms. The first-order valence-electron chi connectivity index (χ1n) is 4.93. The van der Waals surface area contributed by atoms with Gasteiger partial charge >= 0.3 is 5.76 Å². The van der Waals surface area contributed by atoms with Crippen molar-refractivity contribution in [3.63, 3.8) is 0 Å². The minimum atomic E-state index is -0.736. The molecule has 0 N–H and O–H groups in total. The van der Waals surface area contributed by atoms with Crippen LogP contribution in [-0.4, -0.2) is 14.5 Å². The second-order valence-electron chi connectivity index (χ2n) is 2.90. The summed E-state index contributed by atoms with van der Waals surface area (Å²) in [5, 5.41) is 0. The van der Waals surface area contributed by atoms with Crippen LogP contribution in [0.1, 0.15) is 19.5 Å². The number of hydrogen-bond acceptors (Lipinski definition) is 5. The minimum absolute atomic E-state index is 0.0244. The molecule has 0 radical (unpaired) electrons. The number of rotatable bonds is 0. The number of fused-ring (bicyclic) bond motifs is 1. The van der Waals surface area contributed by atoms with Crippen LogP contribution in [0.4, 0.5) is 0 Å². The highest BCUT2D eigenvalue weighted by atomic mass is 16.4. The van der Waals surface area contributed by atoms with Crippen molar-refractivity contribution >= 4 is 11.2 Å². The molecule has 0 aliphatic carbocycles. The van der Waals surface area contributed by atoms with Crippen LogP contribution in [0, 0.1) is 6.92 Å². The van der Waals surface area contributed by atoms with Crippen molar-refractivity contribution in [3.8, 4) is 0 Å². The van der Waals surface area contributed by atoms with Crippen LogP contribution in [0.5, 0.6) is 0 Å². The molecule has 0 spiro atoms. The Labute approximate surface area is 91.6 Å². The average molecular weight is 223 g/mol. The third-order valence-electron chi connectivity index (χ3n) is 1.82. The van der Waals surface area contributed by atoms with Crippen molar-refractivity contribution in [3.05, 3.63) is 32.8 Å². The van der Waals surface area contributed by atoms with E-state index in [4.69, 9.17) is 4.42 Å². The SMILES string of the molecule is CC.Cc1cnc2oc(=O)n(C)c(=O)c2n1. The van der Waals surface area contributed by atoms with E-state index in [-0.39, 0.29) is 11.2 Å². The van der Waals surface area contributed by atoms with Gasteiger partial charge in [0.05, 0.1) is 11.9 Å². The summed E-state index contributed by atoms with van der Waals surface area (Å²) >= 11 is 0. The predicted octanol–water partition coefficient (Wildman–Crippen LogP) is 0.616. The summed E-state index contributed by atoms with van der Waals surface area (Å²) in [5.74, 6) is -0.736. The van der Waals surface area contributed by atoms with E-state index in [1.807, 2.05) is 13.8 Å². The van der Waals surface area contributed by atoms with Crippen molar-refractivity contribution in [1.29, 1.82) is 0 Å². The first-order chi connectivity index (χ1) is 7.59. The predicted molar refractivity (Wildman–Crippen MR) is 59.4 cm³/mol. The molecule has 0 saturated heterocycles. The summed E-state index contributed by atoms with van der Waals surface area (Å²) in [7, 11) is 1.33. The molecule has 0 aliphatic heterocycles. The first kappa shape index (κ1) is 12.1. The van der Waals surface area contributed by atoms with Crippen molar-refractivity contribution in [1.82, 2.24) is 14.5 Å². The molecule has 2 heterocycles. The van der Waals surface area contributed by atoms with E-state index in [9.17, 15) is 9.59 Å².